The van der Waals surface area contributed by atoms with Gasteiger partial charge in [-0.05, 0) is 24.3 Å². The largest absolute Gasteiger partial charge is 0.465 e. The van der Waals surface area contributed by atoms with Crippen molar-refractivity contribution in [2.45, 2.75) is 6.54 Å². The summed E-state index contributed by atoms with van der Waals surface area (Å²) >= 11 is 17.8. The fourth-order valence-corrected chi connectivity index (χ4v) is 3.16. The molecule has 0 bridgehead atoms. The van der Waals surface area contributed by atoms with Crippen LogP contribution in [0.3, 0.4) is 0 Å². The number of ether oxygens (including phenoxy) is 1. The van der Waals surface area contributed by atoms with Gasteiger partial charge in [0.2, 0.25) is 5.95 Å². The first-order valence-electron chi connectivity index (χ1n) is 8.57. The van der Waals surface area contributed by atoms with E-state index in [1.165, 1.54) is 30.3 Å². The van der Waals surface area contributed by atoms with Gasteiger partial charge in [0, 0.05) is 17.1 Å². The topological polar surface area (TPSA) is 140 Å². The normalized spacial score (nSPS) is 10.3. The molecule has 0 fully saturated rings. The number of halogens is 4. The highest BCUT2D eigenvalue weighted by Crippen LogP contribution is 2.35. The van der Waals surface area contributed by atoms with E-state index in [0.717, 1.165) is 0 Å². The number of H-pyrrole nitrogens is 1. The molecule has 2 amide bonds. The van der Waals surface area contributed by atoms with E-state index in [-0.39, 0.29) is 56.0 Å². The molecule has 9 nitrogen and oxygen atoms in total. The number of hydrogen-bond donors (Lipinski definition) is 4. The molecule has 0 saturated carbocycles. The van der Waals surface area contributed by atoms with Crippen LogP contribution in [0.15, 0.2) is 30.3 Å². The summed E-state index contributed by atoms with van der Waals surface area (Å²) in [7, 11) is 0. The Bertz CT molecular complexity index is 1260. The van der Waals surface area contributed by atoms with Crippen LogP contribution in [0, 0.1) is 17.1 Å². The van der Waals surface area contributed by atoms with Gasteiger partial charge in [-0.1, -0.05) is 40.9 Å². The van der Waals surface area contributed by atoms with Gasteiger partial charge >= 0.3 is 6.09 Å². The molecule has 0 unspecified atom stereocenters. The number of carboxylic acid groups (broad SMARTS) is 1. The van der Waals surface area contributed by atoms with Crippen LogP contribution in [0.25, 0.3) is 0 Å². The molecular formula is C19H11Cl3FN5O4. The number of amides is 2. The van der Waals surface area contributed by atoms with Crippen LogP contribution < -0.4 is 15.4 Å². The second kappa shape index (κ2) is 9.74. The van der Waals surface area contributed by atoms with Crippen molar-refractivity contribution in [2.75, 3.05) is 5.32 Å². The SMILES string of the molecule is N#Cc1cc(Cl)cc(Oc2c(Cl)ccc(CNC(=O)c3nc(NC(=O)O)[nH]c3Cl)c2F)c1. The second-order valence-corrected chi connectivity index (χ2v) is 7.32. The molecule has 1 aromatic heterocycles. The summed E-state index contributed by atoms with van der Waals surface area (Å²) in [6.07, 6.45) is -1.40. The molecule has 0 atom stereocenters. The van der Waals surface area contributed by atoms with Crippen LogP contribution in [-0.2, 0) is 6.54 Å². The Labute approximate surface area is 194 Å². The Balaban J connectivity index is 1.78. The zero-order valence-corrected chi connectivity index (χ0v) is 17.9. The number of nitrogens with zero attached hydrogens (tertiary/aromatic N) is 2. The molecule has 3 rings (SSSR count). The van der Waals surface area contributed by atoms with Crippen LogP contribution in [-0.4, -0.2) is 27.1 Å². The van der Waals surface area contributed by atoms with E-state index < -0.39 is 17.8 Å². The molecule has 0 aliphatic carbocycles. The molecule has 0 aliphatic rings. The van der Waals surface area contributed by atoms with Gasteiger partial charge in [0.05, 0.1) is 16.7 Å². The fourth-order valence-electron chi connectivity index (χ4n) is 2.53. The maximum atomic E-state index is 15.0. The van der Waals surface area contributed by atoms with Crippen molar-refractivity contribution < 1.29 is 23.8 Å². The first-order chi connectivity index (χ1) is 15.2. The minimum absolute atomic E-state index is 0.0239. The van der Waals surface area contributed by atoms with Gasteiger partial charge in [-0.15, -0.1) is 0 Å². The summed E-state index contributed by atoms with van der Waals surface area (Å²) < 4.78 is 20.5. The lowest BCUT2D eigenvalue weighted by Crippen LogP contribution is -2.24. The summed E-state index contributed by atoms with van der Waals surface area (Å²) in [5, 5.41) is 22.0. The number of carbonyl (C=O) groups excluding carboxylic acids is 1. The number of hydrogen-bond acceptors (Lipinski definition) is 5. The minimum Gasteiger partial charge on any atom is -0.465 e. The number of aromatic nitrogens is 2. The number of carbonyl (C=O) groups is 2. The van der Waals surface area contributed by atoms with Crippen molar-refractivity contribution in [1.82, 2.24) is 15.3 Å². The summed E-state index contributed by atoms with van der Waals surface area (Å²) in [5.41, 5.74) is -0.0554. The molecular weight excluding hydrogens is 488 g/mol. The number of nitriles is 1. The van der Waals surface area contributed by atoms with Gasteiger partial charge in [-0.2, -0.15) is 5.26 Å². The number of aromatic amines is 1. The monoisotopic (exact) mass is 497 g/mol. The summed E-state index contributed by atoms with van der Waals surface area (Å²) in [6, 6.07) is 8.77. The van der Waals surface area contributed by atoms with Gasteiger partial charge in [0.25, 0.3) is 5.91 Å². The Morgan fingerprint density at radius 3 is 2.69 bits per heavy atom. The quantitative estimate of drug-likeness (QED) is 0.368. The summed E-state index contributed by atoms with van der Waals surface area (Å²) in [5.74, 6) is -2.11. The van der Waals surface area contributed by atoms with E-state index in [4.69, 9.17) is 49.9 Å². The average molecular weight is 499 g/mol. The first kappa shape index (κ1) is 23.1. The highest BCUT2D eigenvalue weighted by Gasteiger charge is 2.20. The third-order valence-corrected chi connectivity index (χ3v) is 4.68. The Morgan fingerprint density at radius 2 is 2.00 bits per heavy atom. The van der Waals surface area contributed by atoms with Gasteiger partial charge in [-0.3, -0.25) is 10.1 Å². The van der Waals surface area contributed by atoms with Gasteiger partial charge in [0.15, 0.2) is 17.3 Å². The highest BCUT2D eigenvalue weighted by molar-refractivity contribution is 6.33. The highest BCUT2D eigenvalue weighted by atomic mass is 35.5. The third kappa shape index (κ3) is 5.39. The van der Waals surface area contributed by atoms with Crippen molar-refractivity contribution in [3.8, 4) is 17.6 Å². The van der Waals surface area contributed by atoms with Gasteiger partial charge in [-0.25, -0.2) is 14.2 Å². The zero-order chi connectivity index (χ0) is 23.4. The van der Waals surface area contributed by atoms with Crippen LogP contribution in [0.5, 0.6) is 11.5 Å². The predicted octanol–water partition coefficient (Wildman–Crippen LogP) is 5.19. The van der Waals surface area contributed by atoms with E-state index in [2.05, 4.69) is 15.3 Å². The van der Waals surface area contributed by atoms with Crippen molar-refractivity contribution >= 4 is 52.8 Å². The van der Waals surface area contributed by atoms with Crippen molar-refractivity contribution in [1.29, 1.82) is 5.26 Å². The van der Waals surface area contributed by atoms with Gasteiger partial charge in [0.1, 0.15) is 10.9 Å². The van der Waals surface area contributed by atoms with Crippen LogP contribution in [0.1, 0.15) is 21.6 Å². The van der Waals surface area contributed by atoms with E-state index in [1.807, 2.05) is 11.4 Å². The molecule has 32 heavy (non-hydrogen) atoms. The molecule has 0 aliphatic heterocycles. The Kier molecular flexibility index (Phi) is 7.05. The Hall–Kier alpha value is -3.52. The van der Waals surface area contributed by atoms with E-state index in [0.29, 0.717) is 0 Å². The fraction of sp³-hybridized carbons (Fsp3) is 0.0526. The zero-order valence-electron chi connectivity index (χ0n) is 15.7. The lowest BCUT2D eigenvalue weighted by molar-refractivity contribution is 0.0946. The predicted molar refractivity (Wildman–Crippen MR) is 114 cm³/mol. The molecule has 0 saturated heterocycles. The van der Waals surface area contributed by atoms with E-state index in [1.54, 1.807) is 0 Å². The van der Waals surface area contributed by atoms with E-state index in [9.17, 15) is 14.0 Å². The second-order valence-electron chi connectivity index (χ2n) is 6.10. The van der Waals surface area contributed by atoms with Gasteiger partial charge < -0.3 is 20.1 Å². The molecule has 2 aromatic carbocycles. The number of rotatable bonds is 6. The number of benzene rings is 2. The average Bonchev–Trinajstić information content (AvgIpc) is 3.09. The first-order valence-corrected chi connectivity index (χ1v) is 9.70. The molecule has 1 heterocycles. The number of anilines is 1. The minimum atomic E-state index is -1.40. The maximum Gasteiger partial charge on any atom is 0.411 e. The van der Waals surface area contributed by atoms with E-state index >= 15 is 0 Å². The lowest BCUT2D eigenvalue weighted by atomic mass is 10.2. The summed E-state index contributed by atoms with van der Waals surface area (Å²) in [4.78, 5) is 29.1. The van der Waals surface area contributed by atoms with Crippen molar-refractivity contribution in [3.05, 3.63) is 68.2 Å². The molecule has 13 heteroatoms. The molecule has 0 radical (unpaired) electrons. The molecule has 3 aromatic rings. The Morgan fingerprint density at radius 1 is 1.25 bits per heavy atom. The van der Waals surface area contributed by atoms with Crippen molar-refractivity contribution in [2.24, 2.45) is 0 Å². The number of nitrogens with one attached hydrogen (secondary N) is 3. The number of imidazole rings is 1. The maximum absolute atomic E-state index is 15.0. The van der Waals surface area contributed by atoms with Crippen LogP contribution >= 0.6 is 34.8 Å². The summed E-state index contributed by atoms with van der Waals surface area (Å²) in [6.45, 7) is -0.290. The standard InChI is InChI=1S/C19H11Cl3FN5O4/c20-10-3-8(6-24)4-11(5-10)32-15-12(21)2-1-9(13(15)23)7-25-17(29)14-16(22)27-18(26-14)28-19(30)31/h1-5H,7H2,(H,25,29)(H,30,31)(H2,26,27,28). The smallest absolute Gasteiger partial charge is 0.411 e. The van der Waals surface area contributed by atoms with Crippen LogP contribution in [0.2, 0.25) is 15.2 Å². The molecule has 164 valence electrons. The lowest BCUT2D eigenvalue weighted by Gasteiger charge is -2.13. The van der Waals surface area contributed by atoms with Crippen LogP contribution in [0.4, 0.5) is 15.1 Å². The molecule has 4 N–H and O–H groups in total. The molecule has 0 spiro atoms. The van der Waals surface area contributed by atoms with Crippen molar-refractivity contribution in [3.63, 3.8) is 0 Å². The third-order valence-electron chi connectivity index (χ3n) is 3.89.